The highest BCUT2D eigenvalue weighted by molar-refractivity contribution is 5.68. The second-order valence-corrected chi connectivity index (χ2v) is 5.56. The minimum absolute atomic E-state index is 0.350. The second-order valence-electron chi connectivity index (χ2n) is 5.56. The molecule has 1 aromatic rings. The van der Waals surface area contributed by atoms with Gasteiger partial charge in [0.15, 0.2) is 0 Å². The van der Waals surface area contributed by atoms with Crippen LogP contribution in [0.2, 0.25) is 0 Å². The number of rotatable bonds is 5. The normalized spacial score (nSPS) is 14.4. The van der Waals surface area contributed by atoms with E-state index < -0.39 is 23.8 Å². The van der Waals surface area contributed by atoms with Gasteiger partial charge in [0.1, 0.15) is 5.60 Å². The summed E-state index contributed by atoms with van der Waals surface area (Å²) in [5.74, 6) is 0. The van der Waals surface area contributed by atoms with Gasteiger partial charge in [0, 0.05) is 12.4 Å². The zero-order valence-corrected chi connectivity index (χ0v) is 12.2. The van der Waals surface area contributed by atoms with Gasteiger partial charge in [-0.25, -0.2) is 4.79 Å². The highest BCUT2D eigenvalue weighted by atomic mass is 16.6. The van der Waals surface area contributed by atoms with Gasteiger partial charge in [0.05, 0.1) is 12.1 Å². The Morgan fingerprint density at radius 3 is 2.55 bits per heavy atom. The van der Waals surface area contributed by atoms with Crippen molar-refractivity contribution in [3.05, 3.63) is 30.1 Å². The number of nitrogens with one attached hydrogen (secondary N) is 1. The maximum absolute atomic E-state index is 11.8. The third-order valence-electron chi connectivity index (χ3n) is 2.61. The summed E-state index contributed by atoms with van der Waals surface area (Å²) in [6.45, 7) is 5.69. The molecule has 1 heterocycles. The van der Waals surface area contributed by atoms with Crippen molar-refractivity contribution in [2.75, 3.05) is 6.54 Å². The maximum Gasteiger partial charge on any atom is 0.407 e. The van der Waals surface area contributed by atoms with Gasteiger partial charge in [-0.3, -0.25) is 4.98 Å². The molecule has 6 heteroatoms. The van der Waals surface area contributed by atoms with Gasteiger partial charge in [-0.1, -0.05) is 0 Å². The standard InChI is InChI=1S/C14H23N3O3/c1-14(2,3)20-13(19)17-11(4-7-15)12(18)10-5-8-16-9-6-10/h5-6,8-9,11-12,18H,4,7,15H2,1-3H3,(H,17,19). The van der Waals surface area contributed by atoms with Crippen LogP contribution in [0.3, 0.4) is 0 Å². The lowest BCUT2D eigenvalue weighted by molar-refractivity contribution is 0.0415. The molecule has 0 aromatic carbocycles. The van der Waals surface area contributed by atoms with E-state index in [0.717, 1.165) is 0 Å². The molecule has 0 aliphatic heterocycles. The van der Waals surface area contributed by atoms with E-state index in [0.29, 0.717) is 18.5 Å². The Hall–Kier alpha value is -1.66. The molecule has 0 saturated carbocycles. The molecule has 112 valence electrons. The molecule has 0 fully saturated rings. The van der Waals surface area contributed by atoms with Crippen LogP contribution in [0.1, 0.15) is 38.9 Å². The molecule has 1 rings (SSSR count). The first-order chi connectivity index (χ1) is 9.33. The lowest BCUT2D eigenvalue weighted by Gasteiger charge is -2.26. The molecule has 1 amide bonds. The molecule has 0 saturated heterocycles. The second kappa shape index (κ2) is 7.21. The van der Waals surface area contributed by atoms with Crippen LogP contribution in [0.15, 0.2) is 24.5 Å². The topological polar surface area (TPSA) is 97.5 Å². The predicted octanol–water partition coefficient (Wildman–Crippen LogP) is 1.36. The Balaban J connectivity index is 2.71. The largest absolute Gasteiger partial charge is 0.444 e. The molecular weight excluding hydrogens is 258 g/mol. The Labute approximate surface area is 119 Å². The first-order valence-electron chi connectivity index (χ1n) is 6.61. The number of ether oxygens (including phenoxy) is 1. The van der Waals surface area contributed by atoms with Crippen LogP contribution in [-0.4, -0.2) is 34.4 Å². The molecule has 1 aromatic heterocycles. The summed E-state index contributed by atoms with van der Waals surface area (Å²) in [4.78, 5) is 15.7. The summed E-state index contributed by atoms with van der Waals surface area (Å²) in [5, 5.41) is 13.0. The van der Waals surface area contributed by atoms with Gasteiger partial charge in [0.2, 0.25) is 0 Å². The molecule has 6 nitrogen and oxygen atoms in total. The van der Waals surface area contributed by atoms with E-state index in [9.17, 15) is 9.90 Å². The van der Waals surface area contributed by atoms with Gasteiger partial charge in [0.25, 0.3) is 0 Å². The van der Waals surface area contributed by atoms with E-state index in [1.807, 2.05) is 0 Å². The minimum atomic E-state index is -0.853. The van der Waals surface area contributed by atoms with Crippen molar-refractivity contribution in [1.82, 2.24) is 10.3 Å². The van der Waals surface area contributed by atoms with Crippen molar-refractivity contribution in [1.29, 1.82) is 0 Å². The fourth-order valence-electron chi connectivity index (χ4n) is 1.74. The van der Waals surface area contributed by atoms with Gasteiger partial charge in [-0.15, -0.1) is 0 Å². The Morgan fingerprint density at radius 1 is 1.45 bits per heavy atom. The van der Waals surface area contributed by atoms with Crippen LogP contribution in [0.4, 0.5) is 4.79 Å². The number of nitrogens with zero attached hydrogens (tertiary/aromatic N) is 1. The number of amides is 1. The van der Waals surface area contributed by atoms with Crippen molar-refractivity contribution >= 4 is 6.09 Å². The predicted molar refractivity (Wildman–Crippen MR) is 76.0 cm³/mol. The van der Waals surface area contributed by atoms with Crippen LogP contribution in [-0.2, 0) is 4.74 Å². The average Bonchev–Trinajstić information content (AvgIpc) is 2.36. The first kappa shape index (κ1) is 16.4. The van der Waals surface area contributed by atoms with Gasteiger partial charge in [-0.2, -0.15) is 0 Å². The van der Waals surface area contributed by atoms with E-state index >= 15 is 0 Å². The first-order valence-corrected chi connectivity index (χ1v) is 6.61. The molecule has 0 spiro atoms. The molecular formula is C14H23N3O3. The third kappa shape index (κ3) is 5.54. The van der Waals surface area contributed by atoms with Crippen molar-refractivity contribution in [3.8, 4) is 0 Å². The maximum atomic E-state index is 11.8. The highest BCUT2D eigenvalue weighted by Crippen LogP contribution is 2.18. The van der Waals surface area contributed by atoms with Crippen molar-refractivity contribution in [2.24, 2.45) is 5.73 Å². The Kier molecular flexibility index (Phi) is 5.91. The number of aliphatic hydroxyl groups is 1. The smallest absolute Gasteiger partial charge is 0.407 e. The molecule has 0 bridgehead atoms. The zero-order valence-electron chi connectivity index (χ0n) is 12.2. The summed E-state index contributed by atoms with van der Waals surface area (Å²) < 4.78 is 5.19. The average molecular weight is 281 g/mol. The lowest BCUT2D eigenvalue weighted by Crippen LogP contribution is -2.43. The summed E-state index contributed by atoms with van der Waals surface area (Å²) in [7, 11) is 0. The Morgan fingerprint density at radius 2 is 2.05 bits per heavy atom. The lowest BCUT2D eigenvalue weighted by atomic mass is 10.0. The molecule has 20 heavy (non-hydrogen) atoms. The van der Waals surface area contributed by atoms with E-state index in [1.54, 1.807) is 45.3 Å². The van der Waals surface area contributed by atoms with Crippen molar-refractivity contribution < 1.29 is 14.6 Å². The van der Waals surface area contributed by atoms with Crippen LogP contribution in [0, 0.1) is 0 Å². The van der Waals surface area contributed by atoms with Crippen molar-refractivity contribution in [3.63, 3.8) is 0 Å². The number of aromatic nitrogens is 1. The number of aliphatic hydroxyl groups excluding tert-OH is 1. The van der Waals surface area contributed by atoms with E-state index in [-0.39, 0.29) is 0 Å². The van der Waals surface area contributed by atoms with Crippen molar-refractivity contribution in [2.45, 2.75) is 44.9 Å². The zero-order chi connectivity index (χ0) is 15.2. The molecule has 0 aliphatic carbocycles. The quantitative estimate of drug-likeness (QED) is 0.757. The molecule has 4 N–H and O–H groups in total. The van der Waals surface area contributed by atoms with E-state index in [4.69, 9.17) is 10.5 Å². The van der Waals surface area contributed by atoms with Gasteiger partial charge < -0.3 is 20.9 Å². The number of carbonyl (C=O) groups is 1. The summed E-state index contributed by atoms with van der Waals surface area (Å²) in [5.41, 5.74) is 5.62. The number of pyridine rings is 1. The molecule has 0 aliphatic rings. The highest BCUT2D eigenvalue weighted by Gasteiger charge is 2.25. The Bertz CT molecular complexity index is 417. The van der Waals surface area contributed by atoms with Crippen LogP contribution >= 0.6 is 0 Å². The van der Waals surface area contributed by atoms with E-state index in [2.05, 4.69) is 10.3 Å². The van der Waals surface area contributed by atoms with Gasteiger partial charge in [-0.05, 0) is 51.4 Å². The number of alkyl carbamates (subject to hydrolysis) is 1. The monoisotopic (exact) mass is 281 g/mol. The van der Waals surface area contributed by atoms with Gasteiger partial charge >= 0.3 is 6.09 Å². The number of hydrogen-bond acceptors (Lipinski definition) is 5. The van der Waals surface area contributed by atoms with Crippen LogP contribution in [0.5, 0.6) is 0 Å². The van der Waals surface area contributed by atoms with Crippen LogP contribution in [0.25, 0.3) is 0 Å². The summed E-state index contributed by atoms with van der Waals surface area (Å²) in [6, 6.07) is 2.90. The molecule has 2 unspecified atom stereocenters. The fraction of sp³-hybridized carbons (Fsp3) is 0.571. The number of hydrogen-bond donors (Lipinski definition) is 3. The fourth-order valence-corrected chi connectivity index (χ4v) is 1.74. The summed E-state index contributed by atoms with van der Waals surface area (Å²) in [6.07, 6.45) is 2.21. The number of nitrogens with two attached hydrogens (primary N) is 1. The minimum Gasteiger partial charge on any atom is -0.444 e. The van der Waals surface area contributed by atoms with Crippen LogP contribution < -0.4 is 11.1 Å². The molecule has 0 radical (unpaired) electrons. The summed E-state index contributed by atoms with van der Waals surface area (Å²) >= 11 is 0. The van der Waals surface area contributed by atoms with E-state index in [1.165, 1.54) is 0 Å². The number of carbonyl (C=O) groups excluding carboxylic acids is 1. The molecule has 2 atom stereocenters. The third-order valence-corrected chi connectivity index (χ3v) is 2.61. The SMILES string of the molecule is CC(C)(C)OC(=O)NC(CCN)C(O)c1ccncc1.